The van der Waals surface area contributed by atoms with Crippen LogP contribution in [-0.4, -0.2) is 30.9 Å². The molecular weight excluding hydrogens is 238 g/mol. The number of likely N-dealkylation sites (N-methyl/N-ethyl adjacent to an activating group) is 1. The van der Waals surface area contributed by atoms with Gasteiger partial charge in [-0.15, -0.1) is 0 Å². The average Bonchev–Trinajstić information content (AvgIpc) is 2.45. The summed E-state index contributed by atoms with van der Waals surface area (Å²) in [7, 11) is 0. The third-order valence-electron chi connectivity index (χ3n) is 3.48. The van der Waals surface area contributed by atoms with Gasteiger partial charge in [-0.3, -0.25) is 0 Å². The average molecular weight is 265 g/mol. The first kappa shape index (κ1) is 16.0. The fourth-order valence-corrected chi connectivity index (χ4v) is 2.01. The van der Waals surface area contributed by atoms with Gasteiger partial charge in [-0.05, 0) is 43.0 Å². The smallest absolute Gasteiger partial charge is 0.119 e. The number of hydrogen-bond donors (Lipinski definition) is 2. The summed E-state index contributed by atoms with van der Waals surface area (Å²) >= 11 is 0. The minimum Gasteiger partial charge on any atom is -0.492 e. The van der Waals surface area contributed by atoms with Crippen LogP contribution in [0.5, 0.6) is 5.75 Å². The summed E-state index contributed by atoms with van der Waals surface area (Å²) in [4.78, 5) is 0. The van der Waals surface area contributed by atoms with Crippen LogP contribution in [0.25, 0.3) is 0 Å². The lowest BCUT2D eigenvalue weighted by molar-refractivity contribution is 0.215. The van der Waals surface area contributed by atoms with Crippen LogP contribution >= 0.6 is 0 Å². The molecule has 0 aliphatic heterocycles. The van der Waals surface area contributed by atoms with E-state index in [0.29, 0.717) is 12.5 Å². The Kier molecular flexibility index (Phi) is 7.53. The zero-order valence-electron chi connectivity index (χ0n) is 12.4. The standard InChI is InChI=1S/C16H27NO2/c1-4-13(3)14-6-8-16(9-7-14)19-12-15(10-11-18)17-5-2/h6-9,13,15,17-18H,4-5,10-12H2,1-3H3. The molecule has 0 amide bonds. The van der Waals surface area contributed by atoms with Crippen LogP contribution in [0.1, 0.15) is 45.1 Å². The molecule has 0 aromatic heterocycles. The first-order valence-corrected chi connectivity index (χ1v) is 7.28. The maximum atomic E-state index is 8.99. The lowest BCUT2D eigenvalue weighted by atomic mass is 9.99. The molecule has 0 aliphatic rings. The third-order valence-corrected chi connectivity index (χ3v) is 3.48. The summed E-state index contributed by atoms with van der Waals surface area (Å²) in [5.41, 5.74) is 1.36. The van der Waals surface area contributed by atoms with Crippen LogP contribution in [0.2, 0.25) is 0 Å². The number of hydrogen-bond acceptors (Lipinski definition) is 3. The Balaban J connectivity index is 2.48. The van der Waals surface area contributed by atoms with Gasteiger partial charge >= 0.3 is 0 Å². The Hall–Kier alpha value is -1.06. The monoisotopic (exact) mass is 265 g/mol. The van der Waals surface area contributed by atoms with Crippen LogP contribution in [0.3, 0.4) is 0 Å². The quantitative estimate of drug-likeness (QED) is 0.721. The molecule has 0 saturated carbocycles. The van der Waals surface area contributed by atoms with Crippen LogP contribution in [0.4, 0.5) is 0 Å². The highest BCUT2D eigenvalue weighted by Crippen LogP contribution is 2.21. The molecule has 1 aromatic rings. The topological polar surface area (TPSA) is 41.5 Å². The van der Waals surface area contributed by atoms with E-state index in [0.717, 1.165) is 25.1 Å². The van der Waals surface area contributed by atoms with Gasteiger partial charge in [0, 0.05) is 12.6 Å². The van der Waals surface area contributed by atoms with Gasteiger partial charge in [0.25, 0.3) is 0 Å². The van der Waals surface area contributed by atoms with Crippen LogP contribution in [-0.2, 0) is 0 Å². The minimum absolute atomic E-state index is 0.188. The number of nitrogens with one attached hydrogen (secondary N) is 1. The third kappa shape index (κ3) is 5.62. The van der Waals surface area contributed by atoms with E-state index in [1.165, 1.54) is 5.56 Å². The molecule has 3 nitrogen and oxygen atoms in total. The second-order valence-corrected chi connectivity index (χ2v) is 4.96. The predicted molar refractivity (Wildman–Crippen MR) is 79.8 cm³/mol. The molecule has 2 unspecified atom stereocenters. The molecule has 0 fully saturated rings. The number of aliphatic hydroxyl groups is 1. The SMILES string of the molecule is CCNC(CCO)COc1ccc(C(C)CC)cc1. The molecule has 0 heterocycles. The summed E-state index contributed by atoms with van der Waals surface area (Å²) in [5.74, 6) is 1.49. The number of rotatable bonds is 9. The van der Waals surface area contributed by atoms with Gasteiger partial charge in [0.15, 0.2) is 0 Å². The Bertz CT molecular complexity index is 331. The van der Waals surface area contributed by atoms with Crippen LogP contribution in [0.15, 0.2) is 24.3 Å². The largest absolute Gasteiger partial charge is 0.492 e. The molecule has 19 heavy (non-hydrogen) atoms. The Morgan fingerprint density at radius 2 is 1.89 bits per heavy atom. The molecule has 0 saturated heterocycles. The van der Waals surface area contributed by atoms with E-state index >= 15 is 0 Å². The van der Waals surface area contributed by atoms with E-state index in [4.69, 9.17) is 9.84 Å². The van der Waals surface area contributed by atoms with Gasteiger partial charge in [-0.2, -0.15) is 0 Å². The van der Waals surface area contributed by atoms with Crippen molar-refractivity contribution in [3.05, 3.63) is 29.8 Å². The fourth-order valence-electron chi connectivity index (χ4n) is 2.01. The van der Waals surface area contributed by atoms with Crippen molar-refractivity contribution in [3.8, 4) is 5.75 Å². The summed E-state index contributed by atoms with van der Waals surface area (Å²) in [6.45, 7) is 8.17. The zero-order valence-corrected chi connectivity index (χ0v) is 12.4. The molecule has 2 atom stereocenters. The lowest BCUT2D eigenvalue weighted by Crippen LogP contribution is -2.35. The van der Waals surface area contributed by atoms with Crippen LogP contribution < -0.4 is 10.1 Å². The van der Waals surface area contributed by atoms with Gasteiger partial charge in [-0.1, -0.05) is 32.9 Å². The molecule has 0 aliphatic carbocycles. The molecule has 0 bridgehead atoms. The maximum Gasteiger partial charge on any atom is 0.119 e. The molecule has 1 rings (SSSR count). The zero-order chi connectivity index (χ0) is 14.1. The lowest BCUT2D eigenvalue weighted by Gasteiger charge is -2.18. The van der Waals surface area contributed by atoms with E-state index in [9.17, 15) is 0 Å². The second kappa shape index (κ2) is 8.94. The predicted octanol–water partition coefficient (Wildman–Crippen LogP) is 2.94. The van der Waals surface area contributed by atoms with Gasteiger partial charge in [0.05, 0.1) is 0 Å². The molecule has 2 N–H and O–H groups in total. The minimum atomic E-state index is 0.188. The van der Waals surface area contributed by atoms with Gasteiger partial charge in [-0.25, -0.2) is 0 Å². The molecule has 108 valence electrons. The van der Waals surface area contributed by atoms with E-state index in [1.807, 2.05) is 12.1 Å². The van der Waals surface area contributed by atoms with Crippen molar-refractivity contribution >= 4 is 0 Å². The Morgan fingerprint density at radius 3 is 2.42 bits per heavy atom. The van der Waals surface area contributed by atoms with Crippen molar-refractivity contribution in [3.63, 3.8) is 0 Å². The number of aliphatic hydroxyl groups excluding tert-OH is 1. The first-order valence-electron chi connectivity index (χ1n) is 7.28. The van der Waals surface area contributed by atoms with Crippen molar-refractivity contribution in [1.82, 2.24) is 5.32 Å². The van der Waals surface area contributed by atoms with Crippen LogP contribution in [0, 0.1) is 0 Å². The molecule has 0 spiro atoms. The van der Waals surface area contributed by atoms with Gasteiger partial charge in [0.2, 0.25) is 0 Å². The van der Waals surface area contributed by atoms with Crippen molar-refractivity contribution < 1.29 is 9.84 Å². The fraction of sp³-hybridized carbons (Fsp3) is 0.625. The summed E-state index contributed by atoms with van der Waals surface area (Å²) in [6, 6.07) is 8.55. The number of ether oxygens (including phenoxy) is 1. The summed E-state index contributed by atoms with van der Waals surface area (Å²) < 4.78 is 5.77. The van der Waals surface area contributed by atoms with Crippen molar-refractivity contribution in [2.75, 3.05) is 19.8 Å². The van der Waals surface area contributed by atoms with Crippen molar-refractivity contribution in [2.45, 2.75) is 45.6 Å². The Morgan fingerprint density at radius 1 is 1.21 bits per heavy atom. The maximum absolute atomic E-state index is 8.99. The van der Waals surface area contributed by atoms with Gasteiger partial charge < -0.3 is 15.2 Å². The highest BCUT2D eigenvalue weighted by atomic mass is 16.5. The molecule has 1 aromatic carbocycles. The normalized spacial score (nSPS) is 14.1. The molecular formula is C16H27NO2. The van der Waals surface area contributed by atoms with Gasteiger partial charge in [0.1, 0.15) is 12.4 Å². The first-order chi connectivity index (χ1) is 9.21. The molecule has 0 radical (unpaired) electrons. The molecule has 3 heteroatoms. The van der Waals surface area contributed by atoms with E-state index in [-0.39, 0.29) is 12.6 Å². The summed E-state index contributed by atoms with van der Waals surface area (Å²) in [6.07, 6.45) is 1.87. The van der Waals surface area contributed by atoms with E-state index in [2.05, 4.69) is 38.2 Å². The van der Waals surface area contributed by atoms with E-state index < -0.39 is 0 Å². The van der Waals surface area contributed by atoms with E-state index in [1.54, 1.807) is 0 Å². The highest BCUT2D eigenvalue weighted by molar-refractivity contribution is 5.29. The Labute approximate surface area is 117 Å². The highest BCUT2D eigenvalue weighted by Gasteiger charge is 2.08. The summed E-state index contributed by atoms with van der Waals surface area (Å²) in [5, 5.41) is 12.3. The van der Waals surface area contributed by atoms with Crippen molar-refractivity contribution in [2.24, 2.45) is 0 Å². The second-order valence-electron chi connectivity index (χ2n) is 4.96. The number of benzene rings is 1. The van der Waals surface area contributed by atoms with Crippen molar-refractivity contribution in [1.29, 1.82) is 0 Å².